The minimum atomic E-state index is -0.0385. The number of ketones is 1. The van der Waals surface area contributed by atoms with E-state index in [9.17, 15) is 9.59 Å². The van der Waals surface area contributed by atoms with Gasteiger partial charge in [0.05, 0.1) is 12.5 Å². The van der Waals surface area contributed by atoms with Crippen molar-refractivity contribution < 1.29 is 14.3 Å². The largest absolute Gasteiger partial charge is 0.465 e. The highest BCUT2D eigenvalue weighted by atomic mass is 16.5. The molecule has 0 radical (unpaired) electrons. The van der Waals surface area contributed by atoms with Crippen LogP contribution in [0.2, 0.25) is 0 Å². The van der Waals surface area contributed by atoms with E-state index in [0.29, 0.717) is 31.1 Å². The van der Waals surface area contributed by atoms with Crippen LogP contribution in [-0.2, 0) is 14.3 Å². The molecule has 0 amide bonds. The Balaban J connectivity index is 1.67. The van der Waals surface area contributed by atoms with Crippen molar-refractivity contribution in [1.29, 1.82) is 0 Å². The van der Waals surface area contributed by atoms with Crippen molar-refractivity contribution in [3.8, 4) is 0 Å². The Morgan fingerprint density at radius 2 is 1.82 bits per heavy atom. The summed E-state index contributed by atoms with van der Waals surface area (Å²) in [6.07, 6.45) is 4.88. The summed E-state index contributed by atoms with van der Waals surface area (Å²) in [4.78, 5) is 22.9. The summed E-state index contributed by atoms with van der Waals surface area (Å²) in [6.45, 7) is 2.34. The quantitative estimate of drug-likeness (QED) is 0.754. The van der Waals surface area contributed by atoms with E-state index < -0.39 is 0 Å². The monoisotopic (exact) mass is 239 g/mol. The molecule has 0 atom stereocenters. The van der Waals surface area contributed by atoms with E-state index in [2.05, 4.69) is 5.32 Å². The van der Waals surface area contributed by atoms with E-state index in [1.54, 1.807) is 0 Å². The molecule has 4 heteroatoms. The van der Waals surface area contributed by atoms with Gasteiger partial charge in [-0.25, -0.2) is 0 Å². The highest BCUT2D eigenvalue weighted by molar-refractivity contribution is 5.79. The molecule has 2 fully saturated rings. The lowest BCUT2D eigenvalue weighted by atomic mass is 9.89. The Morgan fingerprint density at radius 3 is 2.47 bits per heavy atom. The van der Waals surface area contributed by atoms with Crippen LogP contribution >= 0.6 is 0 Å². The van der Waals surface area contributed by atoms with Crippen molar-refractivity contribution in [3.63, 3.8) is 0 Å². The van der Waals surface area contributed by atoms with Gasteiger partial charge in [0.1, 0.15) is 5.78 Å². The lowest BCUT2D eigenvalue weighted by molar-refractivity contribution is -0.151. The van der Waals surface area contributed by atoms with Crippen molar-refractivity contribution >= 4 is 11.8 Å². The van der Waals surface area contributed by atoms with Gasteiger partial charge in [-0.05, 0) is 44.7 Å². The maximum Gasteiger partial charge on any atom is 0.309 e. The van der Waals surface area contributed by atoms with E-state index in [0.717, 1.165) is 38.8 Å². The third-order valence-corrected chi connectivity index (χ3v) is 3.80. The van der Waals surface area contributed by atoms with E-state index >= 15 is 0 Å². The van der Waals surface area contributed by atoms with E-state index in [1.807, 2.05) is 0 Å². The highest BCUT2D eigenvalue weighted by Crippen LogP contribution is 2.22. The first-order valence-corrected chi connectivity index (χ1v) is 6.65. The number of carbonyl (C=O) groups is 2. The summed E-state index contributed by atoms with van der Waals surface area (Å²) in [5.41, 5.74) is 0. The van der Waals surface area contributed by atoms with Crippen molar-refractivity contribution in [2.45, 2.75) is 38.5 Å². The van der Waals surface area contributed by atoms with Gasteiger partial charge in [-0.3, -0.25) is 9.59 Å². The van der Waals surface area contributed by atoms with Crippen molar-refractivity contribution in [3.05, 3.63) is 0 Å². The number of ether oxygens (including phenoxy) is 1. The first-order valence-electron chi connectivity index (χ1n) is 6.65. The molecule has 0 aromatic rings. The Hall–Kier alpha value is -0.900. The number of esters is 1. The van der Waals surface area contributed by atoms with Gasteiger partial charge < -0.3 is 10.1 Å². The van der Waals surface area contributed by atoms with Crippen LogP contribution in [0.3, 0.4) is 0 Å². The maximum absolute atomic E-state index is 11.8. The molecule has 1 heterocycles. The summed E-state index contributed by atoms with van der Waals surface area (Å²) in [5.74, 6) is 0.800. The molecule has 1 saturated carbocycles. The molecule has 0 spiro atoms. The first kappa shape index (κ1) is 12.6. The summed E-state index contributed by atoms with van der Waals surface area (Å²) in [6, 6.07) is 0. The number of piperidine rings is 1. The lowest BCUT2D eigenvalue weighted by Gasteiger charge is -2.24. The van der Waals surface area contributed by atoms with Crippen molar-refractivity contribution in [1.82, 2.24) is 5.32 Å². The fourth-order valence-corrected chi connectivity index (χ4v) is 2.54. The molecule has 2 aliphatic rings. The van der Waals surface area contributed by atoms with E-state index in [1.165, 1.54) is 0 Å². The summed E-state index contributed by atoms with van der Waals surface area (Å²) in [7, 11) is 0. The van der Waals surface area contributed by atoms with Gasteiger partial charge in [0.2, 0.25) is 0 Å². The van der Waals surface area contributed by atoms with Crippen LogP contribution in [0.25, 0.3) is 0 Å². The Kier molecular flexibility index (Phi) is 4.54. The molecule has 0 aromatic carbocycles. The lowest BCUT2D eigenvalue weighted by Crippen LogP contribution is -2.33. The molecule has 1 aliphatic heterocycles. The summed E-state index contributed by atoms with van der Waals surface area (Å²) >= 11 is 0. The third-order valence-electron chi connectivity index (χ3n) is 3.80. The predicted molar refractivity (Wildman–Crippen MR) is 63.5 cm³/mol. The standard InChI is InChI=1S/C13H21NO3/c15-12-3-1-10(2-4-12)9-17-13(16)11-5-7-14-8-6-11/h10-11,14H,1-9H2. The summed E-state index contributed by atoms with van der Waals surface area (Å²) < 4.78 is 5.38. The zero-order valence-electron chi connectivity index (χ0n) is 10.2. The maximum atomic E-state index is 11.8. The SMILES string of the molecule is O=C1CCC(COC(=O)C2CCNCC2)CC1. The van der Waals surface area contributed by atoms with Crippen LogP contribution in [-0.4, -0.2) is 31.4 Å². The van der Waals surface area contributed by atoms with Gasteiger partial charge in [0.25, 0.3) is 0 Å². The highest BCUT2D eigenvalue weighted by Gasteiger charge is 2.24. The second kappa shape index (κ2) is 6.15. The van der Waals surface area contributed by atoms with E-state index in [-0.39, 0.29) is 11.9 Å². The number of hydrogen-bond acceptors (Lipinski definition) is 4. The van der Waals surface area contributed by atoms with Crippen LogP contribution in [0.4, 0.5) is 0 Å². The predicted octanol–water partition coefficient (Wildman–Crippen LogP) is 1.29. The van der Waals surface area contributed by atoms with Crippen molar-refractivity contribution in [2.75, 3.05) is 19.7 Å². The van der Waals surface area contributed by atoms with Gasteiger partial charge in [-0.1, -0.05) is 0 Å². The van der Waals surface area contributed by atoms with Gasteiger partial charge >= 0.3 is 5.97 Å². The van der Waals surface area contributed by atoms with Crippen molar-refractivity contribution in [2.24, 2.45) is 11.8 Å². The molecule has 1 aliphatic carbocycles. The molecule has 2 rings (SSSR count). The second-order valence-corrected chi connectivity index (χ2v) is 5.14. The fourth-order valence-electron chi connectivity index (χ4n) is 2.54. The Morgan fingerprint density at radius 1 is 1.18 bits per heavy atom. The third kappa shape index (κ3) is 3.80. The Labute approximate surface area is 102 Å². The number of rotatable bonds is 3. The zero-order chi connectivity index (χ0) is 12.1. The molecule has 0 unspecified atom stereocenters. The first-order chi connectivity index (χ1) is 8.25. The van der Waals surface area contributed by atoms with Crippen LogP contribution < -0.4 is 5.32 Å². The molecular formula is C13H21NO3. The molecule has 0 bridgehead atoms. The van der Waals surface area contributed by atoms with E-state index in [4.69, 9.17) is 4.74 Å². The number of nitrogens with one attached hydrogen (secondary N) is 1. The number of hydrogen-bond donors (Lipinski definition) is 1. The second-order valence-electron chi connectivity index (χ2n) is 5.14. The average Bonchev–Trinajstić information content (AvgIpc) is 2.39. The fraction of sp³-hybridized carbons (Fsp3) is 0.846. The molecule has 17 heavy (non-hydrogen) atoms. The topological polar surface area (TPSA) is 55.4 Å². The summed E-state index contributed by atoms with van der Waals surface area (Å²) in [5, 5.41) is 3.23. The van der Waals surface area contributed by atoms with Crippen LogP contribution in [0.15, 0.2) is 0 Å². The Bertz CT molecular complexity index is 274. The molecule has 96 valence electrons. The smallest absolute Gasteiger partial charge is 0.309 e. The van der Waals surface area contributed by atoms with Gasteiger partial charge in [0.15, 0.2) is 0 Å². The number of carbonyl (C=O) groups excluding carboxylic acids is 2. The van der Waals surface area contributed by atoms with Crippen LogP contribution in [0.1, 0.15) is 38.5 Å². The molecular weight excluding hydrogens is 218 g/mol. The molecule has 4 nitrogen and oxygen atoms in total. The number of Topliss-reactive ketones (excluding diaryl/α,β-unsaturated/α-hetero) is 1. The molecule has 0 aromatic heterocycles. The minimum absolute atomic E-state index is 0.0385. The molecule has 1 saturated heterocycles. The average molecular weight is 239 g/mol. The minimum Gasteiger partial charge on any atom is -0.465 e. The zero-order valence-corrected chi connectivity index (χ0v) is 10.2. The van der Waals surface area contributed by atoms with Crippen LogP contribution in [0.5, 0.6) is 0 Å². The van der Waals surface area contributed by atoms with Crippen LogP contribution in [0, 0.1) is 11.8 Å². The van der Waals surface area contributed by atoms with Gasteiger partial charge in [0, 0.05) is 12.8 Å². The normalized spacial score (nSPS) is 23.6. The van der Waals surface area contributed by atoms with Gasteiger partial charge in [-0.15, -0.1) is 0 Å². The van der Waals surface area contributed by atoms with Gasteiger partial charge in [-0.2, -0.15) is 0 Å². The molecule has 1 N–H and O–H groups in total.